The lowest BCUT2D eigenvalue weighted by atomic mass is 9.81. The maximum atomic E-state index is 12.0. The van der Waals surface area contributed by atoms with Gasteiger partial charge in [-0.15, -0.1) is 0 Å². The highest BCUT2D eigenvalue weighted by Crippen LogP contribution is 2.31. The molecular formula is C16H27NO4. The summed E-state index contributed by atoms with van der Waals surface area (Å²) in [5.41, 5.74) is 0. The predicted octanol–water partition coefficient (Wildman–Crippen LogP) is 2.98. The first-order valence-corrected chi connectivity index (χ1v) is 8.10. The van der Waals surface area contributed by atoms with Crippen LogP contribution in [0.5, 0.6) is 0 Å². The van der Waals surface area contributed by atoms with Gasteiger partial charge in [0.25, 0.3) is 0 Å². The van der Waals surface area contributed by atoms with Crippen molar-refractivity contribution in [3.63, 3.8) is 0 Å². The molecule has 5 nitrogen and oxygen atoms in total. The molecule has 0 N–H and O–H groups in total. The van der Waals surface area contributed by atoms with Crippen molar-refractivity contribution in [3.8, 4) is 0 Å². The van der Waals surface area contributed by atoms with Crippen LogP contribution < -0.4 is 0 Å². The summed E-state index contributed by atoms with van der Waals surface area (Å²) < 4.78 is 10.2. The monoisotopic (exact) mass is 297 g/mol. The summed E-state index contributed by atoms with van der Waals surface area (Å²) >= 11 is 0. The minimum Gasteiger partial charge on any atom is -0.469 e. The van der Waals surface area contributed by atoms with Crippen LogP contribution in [0.15, 0.2) is 0 Å². The number of methoxy groups -OCH3 is 1. The van der Waals surface area contributed by atoms with E-state index >= 15 is 0 Å². The zero-order valence-electron chi connectivity index (χ0n) is 13.2. The number of esters is 1. The number of hydrogen-bond acceptors (Lipinski definition) is 4. The number of carbonyl (C=O) groups excluding carboxylic acids is 2. The van der Waals surface area contributed by atoms with Crippen molar-refractivity contribution in [2.75, 3.05) is 20.3 Å². The van der Waals surface area contributed by atoms with E-state index in [2.05, 4.69) is 6.92 Å². The summed E-state index contributed by atoms with van der Waals surface area (Å²) in [4.78, 5) is 25.1. The van der Waals surface area contributed by atoms with Gasteiger partial charge in [-0.2, -0.15) is 0 Å². The topological polar surface area (TPSA) is 55.8 Å². The van der Waals surface area contributed by atoms with E-state index in [0.717, 1.165) is 45.1 Å². The minimum atomic E-state index is -0.156. The Morgan fingerprint density at radius 2 is 1.76 bits per heavy atom. The highest BCUT2D eigenvalue weighted by molar-refractivity contribution is 5.69. The Bertz CT molecular complexity index is 363. The van der Waals surface area contributed by atoms with Crippen LogP contribution in [0.4, 0.5) is 4.79 Å². The fraction of sp³-hybridized carbons (Fsp3) is 0.875. The van der Waals surface area contributed by atoms with E-state index in [1.807, 2.05) is 4.90 Å². The van der Waals surface area contributed by atoms with Crippen LogP contribution in [-0.4, -0.2) is 43.3 Å². The van der Waals surface area contributed by atoms with Gasteiger partial charge in [-0.1, -0.05) is 0 Å². The van der Waals surface area contributed by atoms with Gasteiger partial charge >= 0.3 is 12.1 Å². The fourth-order valence-corrected chi connectivity index (χ4v) is 3.40. The second-order valence-corrected chi connectivity index (χ2v) is 6.43. The number of nitrogens with zero attached hydrogens (tertiary/aromatic N) is 1. The van der Waals surface area contributed by atoms with Crippen molar-refractivity contribution in [2.45, 2.75) is 57.9 Å². The lowest BCUT2D eigenvalue weighted by Crippen LogP contribution is -2.35. The Balaban J connectivity index is 1.64. The third-order valence-corrected chi connectivity index (χ3v) is 4.88. The van der Waals surface area contributed by atoms with Crippen molar-refractivity contribution < 1.29 is 19.1 Å². The quantitative estimate of drug-likeness (QED) is 0.749. The van der Waals surface area contributed by atoms with Gasteiger partial charge in [0.05, 0.1) is 13.7 Å². The molecule has 1 saturated heterocycles. The van der Waals surface area contributed by atoms with Gasteiger partial charge in [0.2, 0.25) is 0 Å². The van der Waals surface area contributed by atoms with Crippen LogP contribution in [0.2, 0.25) is 0 Å². The van der Waals surface area contributed by atoms with Gasteiger partial charge < -0.3 is 14.4 Å². The summed E-state index contributed by atoms with van der Waals surface area (Å²) in [5.74, 6) is 0.761. The first kappa shape index (κ1) is 16.1. The molecule has 0 bridgehead atoms. The van der Waals surface area contributed by atoms with Crippen LogP contribution in [0.25, 0.3) is 0 Å². The molecule has 1 saturated carbocycles. The van der Waals surface area contributed by atoms with Crippen LogP contribution in [0, 0.1) is 11.8 Å². The highest BCUT2D eigenvalue weighted by Gasteiger charge is 2.28. The third kappa shape index (κ3) is 4.61. The highest BCUT2D eigenvalue weighted by atomic mass is 16.6. The van der Waals surface area contributed by atoms with Crippen molar-refractivity contribution in [3.05, 3.63) is 0 Å². The Labute approximate surface area is 127 Å². The average Bonchev–Trinajstić information content (AvgIpc) is 2.92. The lowest BCUT2D eigenvalue weighted by Gasteiger charge is -2.28. The van der Waals surface area contributed by atoms with E-state index in [-0.39, 0.29) is 12.1 Å². The fourth-order valence-electron chi connectivity index (χ4n) is 3.40. The summed E-state index contributed by atoms with van der Waals surface area (Å²) in [6.45, 7) is 3.42. The molecule has 2 aliphatic rings. The van der Waals surface area contributed by atoms with E-state index < -0.39 is 0 Å². The van der Waals surface area contributed by atoms with Gasteiger partial charge in [0.1, 0.15) is 0 Å². The van der Waals surface area contributed by atoms with E-state index in [9.17, 15) is 9.59 Å². The average molecular weight is 297 g/mol. The molecular weight excluding hydrogens is 270 g/mol. The number of likely N-dealkylation sites (tertiary alicyclic amines) is 1. The maximum Gasteiger partial charge on any atom is 0.410 e. The zero-order valence-corrected chi connectivity index (χ0v) is 13.2. The molecule has 0 aromatic rings. The van der Waals surface area contributed by atoms with Crippen molar-refractivity contribution in [1.82, 2.24) is 4.90 Å². The van der Waals surface area contributed by atoms with Crippen LogP contribution in [-0.2, 0) is 14.3 Å². The van der Waals surface area contributed by atoms with Crippen molar-refractivity contribution in [2.24, 2.45) is 11.8 Å². The molecule has 1 aliphatic heterocycles. The Kier molecular flexibility index (Phi) is 5.88. The standard InChI is InChI=1S/C16H27NO4/c1-12-4-3-9-17(12)16(19)21-11-14-7-5-13(6-8-14)10-15(18)20-2/h12-14H,3-11H2,1-2H3. The zero-order chi connectivity index (χ0) is 15.2. The molecule has 0 aromatic heterocycles. The molecule has 1 aliphatic carbocycles. The molecule has 5 heteroatoms. The van der Waals surface area contributed by atoms with Gasteiger partial charge in [-0.05, 0) is 57.3 Å². The normalized spacial score (nSPS) is 29.2. The van der Waals surface area contributed by atoms with E-state index in [1.54, 1.807) is 0 Å². The molecule has 21 heavy (non-hydrogen) atoms. The van der Waals surface area contributed by atoms with Gasteiger partial charge in [0.15, 0.2) is 0 Å². The number of hydrogen-bond donors (Lipinski definition) is 0. The third-order valence-electron chi connectivity index (χ3n) is 4.88. The minimum absolute atomic E-state index is 0.118. The van der Waals surface area contributed by atoms with Crippen LogP contribution in [0.1, 0.15) is 51.9 Å². The molecule has 1 heterocycles. The van der Waals surface area contributed by atoms with Crippen LogP contribution in [0.3, 0.4) is 0 Å². The first-order chi connectivity index (χ1) is 10.1. The second-order valence-electron chi connectivity index (χ2n) is 6.43. The molecule has 2 fully saturated rings. The molecule has 1 unspecified atom stereocenters. The predicted molar refractivity (Wildman–Crippen MR) is 78.8 cm³/mol. The van der Waals surface area contributed by atoms with Crippen molar-refractivity contribution >= 4 is 12.1 Å². The smallest absolute Gasteiger partial charge is 0.410 e. The Morgan fingerprint density at radius 3 is 2.33 bits per heavy atom. The summed E-state index contributed by atoms with van der Waals surface area (Å²) in [7, 11) is 1.44. The summed E-state index contributed by atoms with van der Waals surface area (Å²) in [6.07, 6.45) is 6.64. The number of amides is 1. The van der Waals surface area contributed by atoms with E-state index in [1.165, 1.54) is 7.11 Å². The molecule has 120 valence electrons. The van der Waals surface area contributed by atoms with Gasteiger partial charge in [-0.3, -0.25) is 4.79 Å². The molecule has 0 radical (unpaired) electrons. The number of ether oxygens (including phenoxy) is 2. The molecule has 1 amide bonds. The molecule has 0 aromatic carbocycles. The molecule has 2 rings (SSSR count). The first-order valence-electron chi connectivity index (χ1n) is 8.10. The van der Waals surface area contributed by atoms with E-state index in [0.29, 0.717) is 30.9 Å². The Hall–Kier alpha value is -1.26. The summed E-state index contributed by atoms with van der Waals surface area (Å²) in [6, 6.07) is 0.313. The Morgan fingerprint density at radius 1 is 1.10 bits per heavy atom. The second kappa shape index (κ2) is 7.66. The molecule has 0 spiro atoms. The van der Waals surface area contributed by atoms with Gasteiger partial charge in [-0.25, -0.2) is 4.79 Å². The SMILES string of the molecule is COC(=O)CC1CCC(COC(=O)N2CCCC2C)CC1. The maximum absolute atomic E-state index is 12.0. The van der Waals surface area contributed by atoms with Crippen molar-refractivity contribution in [1.29, 1.82) is 0 Å². The number of rotatable bonds is 4. The largest absolute Gasteiger partial charge is 0.469 e. The van der Waals surface area contributed by atoms with Crippen LogP contribution >= 0.6 is 0 Å². The van der Waals surface area contributed by atoms with E-state index in [4.69, 9.17) is 9.47 Å². The van der Waals surface area contributed by atoms with Gasteiger partial charge in [0, 0.05) is 19.0 Å². The summed E-state index contributed by atoms with van der Waals surface area (Å²) in [5, 5.41) is 0. The number of carbonyl (C=O) groups is 2. The molecule has 1 atom stereocenters. The lowest BCUT2D eigenvalue weighted by molar-refractivity contribution is -0.142.